The molecule has 0 radical (unpaired) electrons. The van der Waals surface area contributed by atoms with Crippen molar-refractivity contribution in [3.8, 4) is 0 Å². The summed E-state index contributed by atoms with van der Waals surface area (Å²) in [7, 11) is 0. The average molecular weight is 413 g/mol. The van der Waals surface area contributed by atoms with Crippen LogP contribution in [-0.2, 0) is 6.18 Å². The maximum absolute atomic E-state index is 12.9. The Bertz CT molecular complexity index is 1050. The quantitative estimate of drug-likeness (QED) is 0.601. The third kappa shape index (κ3) is 4.01. The van der Waals surface area contributed by atoms with Crippen molar-refractivity contribution in [2.24, 2.45) is 0 Å². The highest BCUT2D eigenvalue weighted by Crippen LogP contribution is 2.35. The fourth-order valence-electron chi connectivity index (χ4n) is 2.74. The minimum absolute atomic E-state index is 0.0108. The molecule has 7 nitrogen and oxygen atoms in total. The van der Waals surface area contributed by atoms with Gasteiger partial charge >= 0.3 is 12.2 Å². The van der Waals surface area contributed by atoms with Crippen LogP contribution in [0.5, 0.6) is 0 Å². The maximum Gasteiger partial charge on any atom is 0.419 e. The molecule has 3 heterocycles. The summed E-state index contributed by atoms with van der Waals surface area (Å²) >= 11 is 5.48. The molecule has 0 saturated heterocycles. The first-order valence-corrected chi connectivity index (χ1v) is 8.59. The molecule has 11 heteroatoms. The smallest absolute Gasteiger partial charge is 0.306 e. The lowest BCUT2D eigenvalue weighted by Crippen LogP contribution is -2.21. The van der Waals surface area contributed by atoms with Gasteiger partial charge < -0.3 is 10.6 Å². The lowest BCUT2D eigenvalue weighted by atomic mass is 10.0. The summed E-state index contributed by atoms with van der Waals surface area (Å²) < 4.78 is 40.4. The number of urea groups is 1. The molecule has 0 spiro atoms. The highest BCUT2D eigenvalue weighted by molar-refractivity contribution is 6.30. The van der Waals surface area contributed by atoms with Crippen LogP contribution in [0.2, 0.25) is 5.15 Å². The lowest BCUT2D eigenvalue weighted by Gasteiger charge is -2.15. The van der Waals surface area contributed by atoms with Crippen LogP contribution in [-0.4, -0.2) is 25.6 Å². The number of carbonyl (C=O) groups excluding carboxylic acids is 1. The third-order valence-electron chi connectivity index (χ3n) is 3.88. The van der Waals surface area contributed by atoms with E-state index in [-0.39, 0.29) is 11.6 Å². The SMILES string of the molecule is Cc1cn2ncc(NC(=O)Nc3cnc(Cl)c(C(F)(F)F)c3)c(C(C)C)c2n1. The van der Waals surface area contributed by atoms with Gasteiger partial charge in [0.05, 0.1) is 41.2 Å². The summed E-state index contributed by atoms with van der Waals surface area (Å²) in [4.78, 5) is 20.2. The first kappa shape index (κ1) is 19.9. The van der Waals surface area contributed by atoms with Crippen LogP contribution >= 0.6 is 11.6 Å². The van der Waals surface area contributed by atoms with E-state index in [1.807, 2.05) is 20.8 Å². The summed E-state index contributed by atoms with van der Waals surface area (Å²) in [6.07, 6.45) is -0.427. The third-order valence-corrected chi connectivity index (χ3v) is 4.18. The number of halogens is 4. The van der Waals surface area contributed by atoms with E-state index in [2.05, 4.69) is 25.7 Å². The van der Waals surface area contributed by atoms with Gasteiger partial charge in [-0.25, -0.2) is 19.3 Å². The van der Waals surface area contributed by atoms with Gasteiger partial charge in [0, 0.05) is 5.56 Å². The molecule has 0 aliphatic carbocycles. The Balaban J connectivity index is 1.87. The molecular formula is C17H16ClF3N6O. The summed E-state index contributed by atoms with van der Waals surface area (Å²) in [6, 6.07) is -0.0221. The molecule has 3 aromatic heterocycles. The van der Waals surface area contributed by atoms with Crippen molar-refractivity contribution in [2.45, 2.75) is 32.9 Å². The van der Waals surface area contributed by atoms with E-state index in [9.17, 15) is 18.0 Å². The van der Waals surface area contributed by atoms with Gasteiger partial charge in [0.25, 0.3) is 0 Å². The van der Waals surface area contributed by atoms with Gasteiger partial charge in [-0.1, -0.05) is 25.4 Å². The van der Waals surface area contributed by atoms with Gasteiger partial charge in [-0.2, -0.15) is 18.3 Å². The molecule has 3 rings (SSSR count). The number of aryl methyl sites for hydroxylation is 1. The van der Waals surface area contributed by atoms with Crippen molar-refractivity contribution in [1.29, 1.82) is 0 Å². The van der Waals surface area contributed by atoms with Crippen LogP contribution < -0.4 is 10.6 Å². The van der Waals surface area contributed by atoms with Crippen molar-refractivity contribution in [2.75, 3.05) is 10.6 Å². The predicted molar refractivity (Wildman–Crippen MR) is 98.7 cm³/mol. The van der Waals surface area contributed by atoms with E-state index < -0.39 is 22.9 Å². The molecular weight excluding hydrogens is 397 g/mol. The zero-order valence-corrected chi connectivity index (χ0v) is 15.9. The Labute approximate surface area is 162 Å². The van der Waals surface area contributed by atoms with Crippen LogP contribution in [0.25, 0.3) is 5.65 Å². The normalized spacial score (nSPS) is 11.9. The number of rotatable bonds is 3. The van der Waals surface area contributed by atoms with Crippen LogP contribution in [0.3, 0.4) is 0 Å². The van der Waals surface area contributed by atoms with Crippen LogP contribution in [0.15, 0.2) is 24.7 Å². The Morgan fingerprint density at radius 3 is 2.61 bits per heavy atom. The van der Waals surface area contributed by atoms with Crippen molar-refractivity contribution in [3.05, 3.63) is 46.6 Å². The number of aromatic nitrogens is 4. The predicted octanol–water partition coefficient (Wildman–Crippen LogP) is 4.87. The second kappa shape index (κ2) is 7.27. The van der Waals surface area contributed by atoms with E-state index >= 15 is 0 Å². The zero-order valence-electron chi connectivity index (χ0n) is 15.1. The first-order chi connectivity index (χ1) is 13.1. The zero-order chi connectivity index (χ0) is 20.6. The monoisotopic (exact) mass is 412 g/mol. The summed E-state index contributed by atoms with van der Waals surface area (Å²) in [5.74, 6) is 0.0108. The summed E-state index contributed by atoms with van der Waals surface area (Å²) in [6.45, 7) is 5.69. The second-order valence-electron chi connectivity index (χ2n) is 6.42. The Kier molecular flexibility index (Phi) is 5.16. The summed E-state index contributed by atoms with van der Waals surface area (Å²) in [5.41, 5.74) is 1.24. The molecule has 3 aromatic rings. The van der Waals surface area contributed by atoms with Gasteiger partial charge in [-0.05, 0) is 18.9 Å². The Hall–Kier alpha value is -2.88. The standard InChI is InChI=1S/C17H16ClF3N6O/c1-8(2)13-12(6-23-27-7-9(3)24-15(13)27)26-16(28)25-10-4-11(17(19,20)21)14(18)22-5-10/h4-8H,1-3H3,(H2,25,26,28). The minimum Gasteiger partial charge on any atom is -0.306 e. The van der Waals surface area contributed by atoms with E-state index in [0.717, 1.165) is 23.5 Å². The molecule has 148 valence electrons. The van der Waals surface area contributed by atoms with Crippen LogP contribution in [0.1, 0.15) is 36.6 Å². The molecule has 0 saturated carbocycles. The first-order valence-electron chi connectivity index (χ1n) is 8.22. The minimum atomic E-state index is -4.68. The van der Waals surface area contributed by atoms with Gasteiger partial charge in [0.15, 0.2) is 5.65 Å². The number of carbonyl (C=O) groups is 1. The van der Waals surface area contributed by atoms with Crippen molar-refractivity contribution < 1.29 is 18.0 Å². The number of anilines is 2. The highest BCUT2D eigenvalue weighted by Gasteiger charge is 2.34. The van der Waals surface area contributed by atoms with E-state index in [4.69, 9.17) is 11.6 Å². The molecule has 0 bridgehead atoms. The topological polar surface area (TPSA) is 84.2 Å². The fourth-order valence-corrected chi connectivity index (χ4v) is 2.95. The summed E-state index contributed by atoms with van der Waals surface area (Å²) in [5, 5.41) is 8.44. The molecule has 0 aliphatic rings. The molecule has 0 aromatic carbocycles. The highest BCUT2D eigenvalue weighted by atomic mass is 35.5. The molecule has 28 heavy (non-hydrogen) atoms. The molecule has 2 N–H and O–H groups in total. The molecule has 0 fully saturated rings. The molecule has 0 unspecified atom stereocenters. The Morgan fingerprint density at radius 1 is 1.25 bits per heavy atom. The number of nitrogens with one attached hydrogen (secondary N) is 2. The molecule has 0 aliphatic heterocycles. The second-order valence-corrected chi connectivity index (χ2v) is 6.77. The van der Waals surface area contributed by atoms with Crippen molar-refractivity contribution >= 4 is 34.7 Å². The number of hydrogen-bond donors (Lipinski definition) is 2. The van der Waals surface area contributed by atoms with Gasteiger partial charge in [-0.3, -0.25) is 0 Å². The van der Waals surface area contributed by atoms with E-state index in [1.165, 1.54) is 6.20 Å². The number of amides is 2. The van der Waals surface area contributed by atoms with E-state index in [1.54, 1.807) is 10.7 Å². The number of pyridine rings is 1. The van der Waals surface area contributed by atoms with Crippen molar-refractivity contribution in [3.63, 3.8) is 0 Å². The number of alkyl halides is 3. The number of hydrogen-bond acceptors (Lipinski definition) is 4. The average Bonchev–Trinajstić information content (AvgIpc) is 2.95. The number of nitrogens with zero attached hydrogens (tertiary/aromatic N) is 4. The van der Waals surface area contributed by atoms with Crippen LogP contribution in [0, 0.1) is 6.92 Å². The number of imidazole rings is 1. The largest absolute Gasteiger partial charge is 0.419 e. The number of fused-ring (bicyclic) bond motifs is 1. The van der Waals surface area contributed by atoms with Gasteiger partial charge in [-0.15, -0.1) is 0 Å². The van der Waals surface area contributed by atoms with Crippen molar-refractivity contribution in [1.82, 2.24) is 19.6 Å². The van der Waals surface area contributed by atoms with E-state index in [0.29, 0.717) is 11.3 Å². The molecule has 0 atom stereocenters. The van der Waals surface area contributed by atoms with Gasteiger partial charge in [0.1, 0.15) is 5.15 Å². The fraction of sp³-hybridized carbons (Fsp3) is 0.294. The van der Waals surface area contributed by atoms with Gasteiger partial charge in [0.2, 0.25) is 0 Å². The lowest BCUT2D eigenvalue weighted by molar-refractivity contribution is -0.137. The Morgan fingerprint density at radius 2 is 1.96 bits per heavy atom. The van der Waals surface area contributed by atoms with Crippen LogP contribution in [0.4, 0.5) is 29.3 Å². The maximum atomic E-state index is 12.9. The molecule has 2 amide bonds.